The molecular formula is C15H11BrF2O. The molecule has 0 unspecified atom stereocenters. The zero-order chi connectivity index (χ0) is 14.2. The molecule has 4 heteroatoms. The van der Waals surface area contributed by atoms with Gasteiger partial charge in [0.2, 0.25) is 0 Å². The summed E-state index contributed by atoms with van der Waals surface area (Å²) < 4.78 is 28.2. The van der Waals surface area contributed by atoms with Gasteiger partial charge in [-0.25, -0.2) is 8.78 Å². The zero-order valence-electron chi connectivity index (χ0n) is 10.4. The van der Waals surface area contributed by atoms with Crippen molar-refractivity contribution in [3.63, 3.8) is 0 Å². The molecule has 0 aromatic heterocycles. The van der Waals surface area contributed by atoms with Gasteiger partial charge in [0, 0.05) is 4.47 Å². The number of aryl methyl sites for hydroxylation is 2. The standard InChI is InChI=1S/C15H11BrF2O/c1-8-5-9(2)14(13(18)6-8)15(19)11-4-3-10(16)7-12(11)17/h3-7H,1-2H3. The third-order valence-corrected chi connectivity index (χ3v) is 3.33. The van der Waals surface area contributed by atoms with E-state index in [4.69, 9.17) is 0 Å². The molecule has 98 valence electrons. The van der Waals surface area contributed by atoms with Gasteiger partial charge in [-0.05, 0) is 49.2 Å². The number of benzene rings is 2. The lowest BCUT2D eigenvalue weighted by Crippen LogP contribution is -2.09. The van der Waals surface area contributed by atoms with Crippen LogP contribution in [0.15, 0.2) is 34.8 Å². The Morgan fingerprint density at radius 2 is 1.74 bits per heavy atom. The second kappa shape index (κ2) is 5.21. The minimum atomic E-state index is -0.668. The van der Waals surface area contributed by atoms with Crippen LogP contribution in [0.25, 0.3) is 0 Å². The van der Waals surface area contributed by atoms with Gasteiger partial charge in [-0.3, -0.25) is 4.79 Å². The number of ketones is 1. The normalized spacial score (nSPS) is 10.6. The highest BCUT2D eigenvalue weighted by atomic mass is 79.9. The highest BCUT2D eigenvalue weighted by molar-refractivity contribution is 9.10. The summed E-state index contributed by atoms with van der Waals surface area (Å²) in [5.74, 6) is -1.93. The molecule has 0 amide bonds. The first-order chi connectivity index (χ1) is 8.90. The van der Waals surface area contributed by atoms with Gasteiger partial charge in [0.15, 0.2) is 5.78 Å². The van der Waals surface area contributed by atoms with Crippen LogP contribution in [-0.4, -0.2) is 5.78 Å². The first kappa shape index (κ1) is 13.9. The molecule has 1 nitrogen and oxygen atoms in total. The molecule has 0 aliphatic rings. The van der Waals surface area contributed by atoms with E-state index in [0.29, 0.717) is 10.0 Å². The van der Waals surface area contributed by atoms with Crippen molar-refractivity contribution in [3.05, 3.63) is 68.7 Å². The molecule has 0 saturated carbocycles. The molecule has 2 aromatic rings. The van der Waals surface area contributed by atoms with Crippen molar-refractivity contribution in [1.29, 1.82) is 0 Å². The Morgan fingerprint density at radius 1 is 1.05 bits per heavy atom. The number of carbonyl (C=O) groups excluding carboxylic acids is 1. The van der Waals surface area contributed by atoms with E-state index in [2.05, 4.69) is 15.9 Å². The molecule has 0 bridgehead atoms. The van der Waals surface area contributed by atoms with Crippen LogP contribution >= 0.6 is 15.9 Å². The number of hydrogen-bond donors (Lipinski definition) is 0. The third-order valence-electron chi connectivity index (χ3n) is 2.83. The fourth-order valence-corrected chi connectivity index (χ4v) is 2.34. The maximum Gasteiger partial charge on any atom is 0.199 e. The van der Waals surface area contributed by atoms with E-state index < -0.39 is 17.4 Å². The van der Waals surface area contributed by atoms with Gasteiger partial charge in [0.1, 0.15) is 11.6 Å². The van der Waals surface area contributed by atoms with Crippen LogP contribution in [0.5, 0.6) is 0 Å². The van der Waals surface area contributed by atoms with E-state index in [9.17, 15) is 13.6 Å². The highest BCUT2D eigenvalue weighted by Crippen LogP contribution is 2.23. The molecule has 2 rings (SSSR count). The summed E-state index contributed by atoms with van der Waals surface area (Å²) in [7, 11) is 0. The maximum atomic E-state index is 13.9. The summed E-state index contributed by atoms with van der Waals surface area (Å²) in [6, 6.07) is 7.07. The van der Waals surface area contributed by atoms with Crippen molar-refractivity contribution < 1.29 is 13.6 Å². The summed E-state index contributed by atoms with van der Waals surface area (Å²) in [6.07, 6.45) is 0. The van der Waals surface area contributed by atoms with Crippen molar-refractivity contribution in [3.8, 4) is 0 Å². The van der Waals surface area contributed by atoms with Crippen LogP contribution in [0.3, 0.4) is 0 Å². The third kappa shape index (κ3) is 2.73. The fourth-order valence-electron chi connectivity index (χ4n) is 2.01. The minimum absolute atomic E-state index is 0.0770. The lowest BCUT2D eigenvalue weighted by Gasteiger charge is -2.09. The first-order valence-corrected chi connectivity index (χ1v) is 6.46. The lowest BCUT2D eigenvalue weighted by molar-refractivity contribution is 0.103. The average molecular weight is 325 g/mol. The molecule has 2 aromatic carbocycles. The summed E-state index contributed by atoms with van der Waals surface area (Å²) in [5, 5.41) is 0. The van der Waals surface area contributed by atoms with Gasteiger partial charge < -0.3 is 0 Å². The highest BCUT2D eigenvalue weighted by Gasteiger charge is 2.20. The van der Waals surface area contributed by atoms with E-state index in [-0.39, 0.29) is 11.1 Å². The molecule has 0 spiro atoms. The van der Waals surface area contributed by atoms with Gasteiger partial charge in [-0.1, -0.05) is 22.0 Å². The van der Waals surface area contributed by atoms with Crippen LogP contribution in [0.1, 0.15) is 27.0 Å². The molecule has 0 radical (unpaired) electrons. The average Bonchev–Trinajstić information content (AvgIpc) is 2.26. The van der Waals surface area contributed by atoms with Crippen molar-refractivity contribution >= 4 is 21.7 Å². The summed E-state index contributed by atoms with van der Waals surface area (Å²) in [4.78, 5) is 12.2. The quantitative estimate of drug-likeness (QED) is 0.739. The Hall–Kier alpha value is -1.55. The molecule has 0 heterocycles. The predicted octanol–water partition coefficient (Wildman–Crippen LogP) is 4.58. The van der Waals surface area contributed by atoms with Crippen LogP contribution in [0.2, 0.25) is 0 Å². The Kier molecular flexibility index (Phi) is 3.80. The molecule has 0 saturated heterocycles. The van der Waals surface area contributed by atoms with E-state index in [1.54, 1.807) is 26.0 Å². The van der Waals surface area contributed by atoms with Crippen LogP contribution < -0.4 is 0 Å². The van der Waals surface area contributed by atoms with Gasteiger partial charge in [0.25, 0.3) is 0 Å². The Labute approximate surface area is 118 Å². The molecule has 0 aliphatic heterocycles. The zero-order valence-corrected chi connectivity index (χ0v) is 12.0. The molecule has 0 fully saturated rings. The van der Waals surface area contributed by atoms with Gasteiger partial charge in [0.05, 0.1) is 11.1 Å². The number of halogens is 3. The van der Waals surface area contributed by atoms with Crippen LogP contribution in [0, 0.1) is 25.5 Å². The van der Waals surface area contributed by atoms with Gasteiger partial charge >= 0.3 is 0 Å². The lowest BCUT2D eigenvalue weighted by atomic mass is 9.96. The molecular weight excluding hydrogens is 314 g/mol. The van der Waals surface area contributed by atoms with E-state index in [1.165, 1.54) is 18.2 Å². The summed E-state index contributed by atoms with van der Waals surface area (Å²) in [6.45, 7) is 3.38. The van der Waals surface area contributed by atoms with Crippen molar-refractivity contribution in [1.82, 2.24) is 0 Å². The van der Waals surface area contributed by atoms with Crippen molar-refractivity contribution in [2.45, 2.75) is 13.8 Å². The fraction of sp³-hybridized carbons (Fsp3) is 0.133. The van der Waals surface area contributed by atoms with E-state index in [1.807, 2.05) is 0 Å². The number of carbonyl (C=O) groups is 1. The number of rotatable bonds is 2. The monoisotopic (exact) mass is 324 g/mol. The summed E-state index contributed by atoms with van der Waals surface area (Å²) >= 11 is 3.11. The molecule has 19 heavy (non-hydrogen) atoms. The molecule has 0 N–H and O–H groups in total. The second-order valence-corrected chi connectivity index (χ2v) is 5.31. The smallest absolute Gasteiger partial charge is 0.199 e. The predicted molar refractivity (Wildman–Crippen MR) is 73.4 cm³/mol. The Balaban J connectivity index is 2.56. The molecule has 0 aliphatic carbocycles. The van der Waals surface area contributed by atoms with Crippen molar-refractivity contribution in [2.24, 2.45) is 0 Å². The first-order valence-electron chi connectivity index (χ1n) is 5.66. The van der Waals surface area contributed by atoms with Crippen LogP contribution in [-0.2, 0) is 0 Å². The van der Waals surface area contributed by atoms with E-state index in [0.717, 1.165) is 5.56 Å². The number of hydrogen-bond acceptors (Lipinski definition) is 1. The van der Waals surface area contributed by atoms with Gasteiger partial charge in [-0.2, -0.15) is 0 Å². The topological polar surface area (TPSA) is 17.1 Å². The van der Waals surface area contributed by atoms with Crippen molar-refractivity contribution in [2.75, 3.05) is 0 Å². The largest absolute Gasteiger partial charge is 0.288 e. The second-order valence-electron chi connectivity index (χ2n) is 4.39. The summed E-state index contributed by atoms with van der Waals surface area (Å²) in [5.41, 5.74) is 1.02. The van der Waals surface area contributed by atoms with Gasteiger partial charge in [-0.15, -0.1) is 0 Å². The minimum Gasteiger partial charge on any atom is -0.288 e. The maximum absolute atomic E-state index is 13.9. The molecule has 0 atom stereocenters. The Morgan fingerprint density at radius 3 is 2.32 bits per heavy atom. The SMILES string of the molecule is Cc1cc(C)c(C(=O)c2ccc(Br)cc2F)c(F)c1. The Bertz CT molecular complexity index is 642. The van der Waals surface area contributed by atoms with Crippen LogP contribution in [0.4, 0.5) is 8.78 Å². The van der Waals surface area contributed by atoms with E-state index >= 15 is 0 Å².